The van der Waals surface area contributed by atoms with Gasteiger partial charge >= 0.3 is 0 Å². The van der Waals surface area contributed by atoms with Crippen LogP contribution in [0.2, 0.25) is 8.67 Å². The summed E-state index contributed by atoms with van der Waals surface area (Å²) < 4.78 is 0.933. The van der Waals surface area contributed by atoms with Crippen molar-refractivity contribution in [3.05, 3.63) is 20.3 Å². The highest BCUT2D eigenvalue weighted by molar-refractivity contribution is 7.80. The minimum atomic E-state index is -0.206. The number of hydrogen-bond donors (Lipinski definition) is 2. The maximum Gasteiger partial charge on any atom is 0.253 e. The summed E-state index contributed by atoms with van der Waals surface area (Å²) in [5.74, 6) is 0.392. The number of thiol groups is 1. The highest BCUT2D eigenvalue weighted by Gasteiger charge is 2.12. The zero-order valence-electron chi connectivity index (χ0n) is 6.51. The normalized spacial score (nSPS) is 10.1. The molecule has 72 valence electrons. The van der Waals surface area contributed by atoms with Crippen LogP contribution in [-0.4, -0.2) is 18.2 Å². The average Bonchev–Trinajstić information content (AvgIpc) is 2.41. The fourth-order valence-corrected chi connectivity index (χ4v) is 2.33. The zero-order valence-corrected chi connectivity index (χ0v) is 9.73. The first-order valence-corrected chi connectivity index (χ1v) is 5.69. The lowest BCUT2D eigenvalue weighted by molar-refractivity contribution is 0.0957. The Morgan fingerprint density at radius 1 is 1.62 bits per heavy atom. The molecule has 0 saturated heterocycles. The second-order valence-electron chi connectivity index (χ2n) is 2.22. The Morgan fingerprint density at radius 2 is 2.31 bits per heavy atom. The lowest BCUT2D eigenvalue weighted by Gasteiger charge is -2.00. The van der Waals surface area contributed by atoms with Gasteiger partial charge in [-0.1, -0.05) is 23.2 Å². The summed E-state index contributed by atoms with van der Waals surface area (Å²) in [4.78, 5) is 11.4. The number of carbonyl (C=O) groups excluding carboxylic acids is 1. The molecule has 0 saturated carbocycles. The molecule has 6 heteroatoms. The third-order valence-electron chi connectivity index (χ3n) is 1.30. The molecule has 13 heavy (non-hydrogen) atoms. The first-order chi connectivity index (χ1) is 6.15. The molecule has 0 aliphatic carbocycles. The third kappa shape index (κ3) is 3.06. The van der Waals surface area contributed by atoms with Gasteiger partial charge in [-0.25, -0.2) is 0 Å². The average molecular weight is 256 g/mol. The van der Waals surface area contributed by atoms with Crippen LogP contribution in [0.25, 0.3) is 0 Å². The Bertz CT molecular complexity index is 313. The monoisotopic (exact) mass is 255 g/mol. The smallest absolute Gasteiger partial charge is 0.253 e. The first-order valence-electron chi connectivity index (χ1n) is 3.49. The minimum absolute atomic E-state index is 0.206. The van der Waals surface area contributed by atoms with Gasteiger partial charge in [0.05, 0.1) is 9.90 Å². The van der Waals surface area contributed by atoms with Crippen LogP contribution >= 0.6 is 47.2 Å². The fraction of sp³-hybridized carbons (Fsp3) is 0.286. The molecule has 0 unspecified atom stereocenters. The van der Waals surface area contributed by atoms with Gasteiger partial charge in [0.2, 0.25) is 0 Å². The molecule has 1 amide bonds. The molecule has 0 aromatic carbocycles. The van der Waals surface area contributed by atoms with Crippen molar-refractivity contribution in [2.24, 2.45) is 0 Å². The molecular formula is C7H7Cl2NOS2. The number of amides is 1. The molecule has 0 bridgehead atoms. The third-order valence-corrected chi connectivity index (χ3v) is 3.01. The van der Waals surface area contributed by atoms with E-state index in [1.165, 1.54) is 11.3 Å². The van der Waals surface area contributed by atoms with Gasteiger partial charge in [-0.3, -0.25) is 4.79 Å². The summed E-state index contributed by atoms with van der Waals surface area (Å²) in [5, 5.41) is 2.65. The van der Waals surface area contributed by atoms with Crippen molar-refractivity contribution in [2.75, 3.05) is 12.3 Å². The van der Waals surface area contributed by atoms with Gasteiger partial charge in [0, 0.05) is 12.3 Å². The Morgan fingerprint density at radius 3 is 2.77 bits per heavy atom. The van der Waals surface area contributed by atoms with Crippen LogP contribution in [-0.2, 0) is 0 Å². The predicted molar refractivity (Wildman–Crippen MR) is 60.5 cm³/mol. The van der Waals surface area contributed by atoms with E-state index in [1.54, 1.807) is 6.07 Å². The lowest BCUT2D eigenvalue weighted by Crippen LogP contribution is -2.24. The van der Waals surface area contributed by atoms with Crippen LogP contribution in [0.5, 0.6) is 0 Å². The van der Waals surface area contributed by atoms with E-state index in [-0.39, 0.29) is 5.91 Å². The molecule has 1 aromatic rings. The lowest BCUT2D eigenvalue weighted by atomic mass is 10.3. The molecule has 1 rings (SSSR count). The van der Waals surface area contributed by atoms with Crippen LogP contribution in [0.4, 0.5) is 0 Å². The minimum Gasteiger partial charge on any atom is -0.351 e. The Balaban J connectivity index is 2.70. The Hall–Kier alpha value is 0.1000. The van der Waals surface area contributed by atoms with Gasteiger partial charge in [0.1, 0.15) is 4.34 Å². The number of hydrogen-bond acceptors (Lipinski definition) is 3. The molecule has 0 radical (unpaired) electrons. The van der Waals surface area contributed by atoms with Gasteiger partial charge in [-0.05, 0) is 6.07 Å². The standard InChI is InChI=1S/C7H7Cl2NOS2/c8-5-3-4(6(9)13-5)7(11)10-1-2-12/h3,12H,1-2H2,(H,10,11). The second kappa shape index (κ2) is 5.10. The number of rotatable bonds is 3. The van der Waals surface area contributed by atoms with Gasteiger partial charge in [-0.15, -0.1) is 11.3 Å². The largest absolute Gasteiger partial charge is 0.351 e. The number of thiophene rings is 1. The second-order valence-corrected chi connectivity index (χ2v) is 4.95. The Kier molecular flexibility index (Phi) is 4.38. The molecule has 0 fully saturated rings. The summed E-state index contributed by atoms with van der Waals surface area (Å²) in [7, 11) is 0. The fourth-order valence-electron chi connectivity index (χ4n) is 0.760. The number of carbonyl (C=O) groups is 1. The first kappa shape index (κ1) is 11.2. The van der Waals surface area contributed by atoms with Gasteiger partial charge in [0.15, 0.2) is 0 Å². The van der Waals surface area contributed by atoms with E-state index < -0.39 is 0 Å². The molecule has 2 nitrogen and oxygen atoms in total. The van der Waals surface area contributed by atoms with Gasteiger partial charge in [-0.2, -0.15) is 12.6 Å². The van der Waals surface area contributed by atoms with Crippen LogP contribution in [0, 0.1) is 0 Å². The molecule has 1 N–H and O–H groups in total. The summed E-state index contributed by atoms with van der Waals surface area (Å²) in [6, 6.07) is 1.56. The van der Waals surface area contributed by atoms with E-state index in [4.69, 9.17) is 23.2 Å². The molecule has 1 aromatic heterocycles. The van der Waals surface area contributed by atoms with E-state index in [1.807, 2.05) is 0 Å². The van der Waals surface area contributed by atoms with Crippen molar-refractivity contribution >= 4 is 53.1 Å². The van der Waals surface area contributed by atoms with E-state index in [9.17, 15) is 4.79 Å². The Labute approximate surface area is 95.6 Å². The molecule has 0 spiro atoms. The predicted octanol–water partition coefficient (Wildman–Crippen LogP) is 2.71. The van der Waals surface area contributed by atoms with Gasteiger partial charge < -0.3 is 5.32 Å². The SMILES string of the molecule is O=C(NCCS)c1cc(Cl)sc1Cl. The van der Waals surface area contributed by atoms with Crippen LogP contribution in [0.3, 0.4) is 0 Å². The summed E-state index contributed by atoms with van der Waals surface area (Å²) in [5.41, 5.74) is 0.429. The number of nitrogens with one attached hydrogen (secondary N) is 1. The van der Waals surface area contributed by atoms with E-state index in [2.05, 4.69) is 17.9 Å². The summed E-state index contributed by atoms with van der Waals surface area (Å²) in [6.07, 6.45) is 0. The van der Waals surface area contributed by atoms with Crippen molar-refractivity contribution in [1.29, 1.82) is 0 Å². The number of halogens is 2. The topological polar surface area (TPSA) is 29.1 Å². The van der Waals surface area contributed by atoms with Gasteiger partial charge in [0.25, 0.3) is 5.91 Å². The molecule has 0 aliphatic rings. The van der Waals surface area contributed by atoms with Crippen LogP contribution < -0.4 is 5.32 Å². The van der Waals surface area contributed by atoms with Crippen molar-refractivity contribution in [3.63, 3.8) is 0 Å². The zero-order chi connectivity index (χ0) is 9.84. The molecule has 1 heterocycles. The van der Waals surface area contributed by atoms with Crippen LogP contribution in [0.15, 0.2) is 6.07 Å². The van der Waals surface area contributed by atoms with Crippen molar-refractivity contribution in [1.82, 2.24) is 5.32 Å². The van der Waals surface area contributed by atoms with Crippen molar-refractivity contribution < 1.29 is 4.79 Å². The van der Waals surface area contributed by atoms with Crippen molar-refractivity contribution in [2.45, 2.75) is 0 Å². The van der Waals surface area contributed by atoms with Crippen LogP contribution in [0.1, 0.15) is 10.4 Å². The summed E-state index contributed by atoms with van der Waals surface area (Å²) in [6.45, 7) is 0.520. The molecular weight excluding hydrogens is 249 g/mol. The van der Waals surface area contributed by atoms with Crippen molar-refractivity contribution in [3.8, 4) is 0 Å². The summed E-state index contributed by atoms with van der Waals surface area (Å²) >= 11 is 16.6. The highest BCUT2D eigenvalue weighted by atomic mass is 35.5. The molecule has 0 atom stereocenters. The quantitative estimate of drug-likeness (QED) is 0.800. The maximum atomic E-state index is 11.4. The van der Waals surface area contributed by atoms with E-state index >= 15 is 0 Å². The maximum absolute atomic E-state index is 11.4. The van der Waals surface area contributed by atoms with E-state index in [0.717, 1.165) is 0 Å². The van der Waals surface area contributed by atoms with E-state index in [0.29, 0.717) is 26.5 Å². The molecule has 0 aliphatic heterocycles. The highest BCUT2D eigenvalue weighted by Crippen LogP contribution is 2.30.